The van der Waals surface area contributed by atoms with Crippen LogP contribution in [-0.4, -0.2) is 37.4 Å². The first kappa shape index (κ1) is 15.6. The van der Waals surface area contributed by atoms with E-state index in [4.69, 9.17) is 20.4 Å². The smallest absolute Gasteiger partial charge is 0.173 e. The van der Waals surface area contributed by atoms with Crippen LogP contribution in [0, 0.1) is 0 Å². The van der Waals surface area contributed by atoms with Gasteiger partial charge in [0.2, 0.25) is 0 Å². The summed E-state index contributed by atoms with van der Waals surface area (Å²) in [6.07, 6.45) is 3.74. The monoisotopic (exact) mass is 293 g/mol. The summed E-state index contributed by atoms with van der Waals surface area (Å²) in [6.45, 7) is 0.733. The van der Waals surface area contributed by atoms with Crippen molar-refractivity contribution < 1.29 is 14.7 Å². The quantitative estimate of drug-likeness (QED) is 0.320. The van der Waals surface area contributed by atoms with Gasteiger partial charge in [0, 0.05) is 19.7 Å². The number of hydrogen-bond donors (Lipinski definition) is 3. The van der Waals surface area contributed by atoms with Crippen molar-refractivity contribution in [1.29, 1.82) is 0 Å². The summed E-state index contributed by atoms with van der Waals surface area (Å²) in [5, 5.41) is 15.3. The molecule has 1 aromatic carbocycles. The van der Waals surface area contributed by atoms with Crippen LogP contribution in [-0.2, 0) is 11.3 Å². The van der Waals surface area contributed by atoms with E-state index in [2.05, 4.69) is 10.5 Å². The van der Waals surface area contributed by atoms with Gasteiger partial charge in [-0.1, -0.05) is 11.2 Å². The zero-order valence-corrected chi connectivity index (χ0v) is 12.5. The summed E-state index contributed by atoms with van der Waals surface area (Å²) in [7, 11) is 3.33. The Bertz CT molecular complexity index is 505. The molecule has 1 fully saturated rings. The molecule has 0 saturated heterocycles. The highest BCUT2D eigenvalue weighted by Gasteiger charge is 2.26. The fourth-order valence-corrected chi connectivity index (χ4v) is 2.80. The van der Waals surface area contributed by atoms with E-state index in [1.165, 1.54) is 6.42 Å². The number of oxime groups is 1. The summed E-state index contributed by atoms with van der Waals surface area (Å²) in [4.78, 5) is 0. The third kappa shape index (κ3) is 3.65. The molecule has 1 aromatic rings. The van der Waals surface area contributed by atoms with Gasteiger partial charge >= 0.3 is 0 Å². The Hall–Kier alpha value is -1.79. The van der Waals surface area contributed by atoms with Crippen molar-refractivity contribution in [2.24, 2.45) is 10.9 Å². The first-order chi connectivity index (χ1) is 10.2. The van der Waals surface area contributed by atoms with Crippen LogP contribution in [0.25, 0.3) is 0 Å². The Morgan fingerprint density at radius 1 is 1.43 bits per heavy atom. The average Bonchev–Trinajstić information content (AvgIpc) is 2.99. The largest absolute Gasteiger partial charge is 0.496 e. The highest BCUT2D eigenvalue weighted by atomic mass is 16.5. The van der Waals surface area contributed by atoms with Crippen molar-refractivity contribution in [1.82, 2.24) is 5.32 Å². The highest BCUT2D eigenvalue weighted by molar-refractivity contribution is 5.99. The molecule has 21 heavy (non-hydrogen) atoms. The number of amidine groups is 1. The van der Waals surface area contributed by atoms with Crippen LogP contribution in [0.4, 0.5) is 0 Å². The Morgan fingerprint density at radius 3 is 2.90 bits per heavy atom. The SMILES string of the molecule is COc1cc(CNC2CCCC2OC)ccc1/C(N)=N/O. The van der Waals surface area contributed by atoms with Gasteiger partial charge in [0.25, 0.3) is 0 Å². The molecule has 0 amide bonds. The molecular formula is C15H23N3O3. The van der Waals surface area contributed by atoms with E-state index in [0.29, 0.717) is 23.5 Å². The van der Waals surface area contributed by atoms with Gasteiger partial charge in [0.05, 0.1) is 18.8 Å². The zero-order valence-electron chi connectivity index (χ0n) is 12.5. The molecule has 1 aliphatic rings. The third-order valence-electron chi connectivity index (χ3n) is 3.97. The molecule has 116 valence electrons. The topological polar surface area (TPSA) is 89.1 Å². The van der Waals surface area contributed by atoms with Crippen LogP contribution in [0.2, 0.25) is 0 Å². The third-order valence-corrected chi connectivity index (χ3v) is 3.97. The van der Waals surface area contributed by atoms with Crippen LogP contribution in [0.3, 0.4) is 0 Å². The number of rotatable bonds is 6. The summed E-state index contributed by atoms with van der Waals surface area (Å²) >= 11 is 0. The lowest BCUT2D eigenvalue weighted by molar-refractivity contribution is 0.0847. The molecule has 0 aliphatic heterocycles. The van der Waals surface area contributed by atoms with E-state index in [1.807, 2.05) is 12.1 Å². The van der Waals surface area contributed by atoms with Crippen LogP contribution in [0.5, 0.6) is 5.75 Å². The Balaban J connectivity index is 2.04. The molecule has 4 N–H and O–H groups in total. The van der Waals surface area contributed by atoms with Crippen molar-refractivity contribution in [2.45, 2.75) is 38.0 Å². The van der Waals surface area contributed by atoms with Crippen LogP contribution in [0.15, 0.2) is 23.4 Å². The molecule has 0 heterocycles. The molecule has 0 radical (unpaired) electrons. The maximum absolute atomic E-state index is 8.76. The molecule has 2 atom stereocenters. The number of nitrogens with zero attached hydrogens (tertiary/aromatic N) is 1. The molecule has 2 unspecified atom stereocenters. The van der Waals surface area contributed by atoms with Gasteiger partial charge in [0.15, 0.2) is 5.84 Å². The van der Waals surface area contributed by atoms with E-state index >= 15 is 0 Å². The fourth-order valence-electron chi connectivity index (χ4n) is 2.80. The Labute approximate surface area is 124 Å². The minimum absolute atomic E-state index is 0.0431. The van der Waals surface area contributed by atoms with Crippen LogP contribution >= 0.6 is 0 Å². The molecule has 6 heteroatoms. The number of ether oxygens (including phenoxy) is 2. The summed E-state index contributed by atoms with van der Waals surface area (Å²) < 4.78 is 10.8. The standard InChI is InChI=1S/C15H23N3O3/c1-20-13-5-3-4-12(13)17-9-10-6-7-11(15(16)18-19)14(8-10)21-2/h6-8,12-13,17,19H,3-5,9H2,1-2H3,(H2,16,18). The molecule has 1 saturated carbocycles. The van der Waals surface area contributed by atoms with Gasteiger partial charge in [-0.25, -0.2) is 0 Å². The van der Waals surface area contributed by atoms with E-state index in [-0.39, 0.29) is 5.84 Å². The average molecular weight is 293 g/mol. The van der Waals surface area contributed by atoms with Crippen molar-refractivity contribution >= 4 is 5.84 Å². The number of benzene rings is 1. The van der Waals surface area contributed by atoms with E-state index in [9.17, 15) is 0 Å². The van der Waals surface area contributed by atoms with Gasteiger partial charge in [-0.15, -0.1) is 0 Å². The van der Waals surface area contributed by atoms with Gasteiger partial charge in [-0.3, -0.25) is 0 Å². The second-order valence-electron chi connectivity index (χ2n) is 5.21. The molecule has 0 bridgehead atoms. The Kier molecular flexibility index (Phi) is 5.41. The molecule has 0 spiro atoms. The van der Waals surface area contributed by atoms with Gasteiger partial charge in [-0.2, -0.15) is 0 Å². The number of methoxy groups -OCH3 is 2. The highest BCUT2D eigenvalue weighted by Crippen LogP contribution is 2.23. The number of nitrogens with one attached hydrogen (secondary N) is 1. The molecule has 2 rings (SSSR count). The number of hydrogen-bond acceptors (Lipinski definition) is 5. The lowest BCUT2D eigenvalue weighted by Gasteiger charge is -2.20. The maximum Gasteiger partial charge on any atom is 0.173 e. The van der Waals surface area contributed by atoms with Crippen molar-refractivity contribution in [3.8, 4) is 5.75 Å². The van der Waals surface area contributed by atoms with E-state index in [1.54, 1.807) is 20.3 Å². The first-order valence-electron chi connectivity index (χ1n) is 7.10. The van der Waals surface area contributed by atoms with Gasteiger partial charge < -0.3 is 25.7 Å². The predicted molar refractivity (Wildman–Crippen MR) is 80.8 cm³/mol. The van der Waals surface area contributed by atoms with Crippen molar-refractivity contribution in [2.75, 3.05) is 14.2 Å². The van der Waals surface area contributed by atoms with Crippen LogP contribution in [0.1, 0.15) is 30.4 Å². The lowest BCUT2D eigenvalue weighted by Crippen LogP contribution is -2.36. The van der Waals surface area contributed by atoms with E-state index < -0.39 is 0 Å². The van der Waals surface area contributed by atoms with Crippen molar-refractivity contribution in [3.05, 3.63) is 29.3 Å². The molecule has 6 nitrogen and oxygen atoms in total. The van der Waals surface area contributed by atoms with E-state index in [0.717, 1.165) is 24.9 Å². The molecule has 1 aliphatic carbocycles. The summed E-state index contributed by atoms with van der Waals surface area (Å²) in [5.74, 6) is 0.640. The van der Waals surface area contributed by atoms with Crippen LogP contribution < -0.4 is 15.8 Å². The maximum atomic E-state index is 8.76. The summed E-state index contributed by atoms with van der Waals surface area (Å²) in [5.41, 5.74) is 7.29. The zero-order chi connectivity index (χ0) is 15.2. The Morgan fingerprint density at radius 2 is 2.24 bits per heavy atom. The first-order valence-corrected chi connectivity index (χ1v) is 7.10. The normalized spacial score (nSPS) is 22.5. The number of nitrogens with two attached hydrogens (primary N) is 1. The second-order valence-corrected chi connectivity index (χ2v) is 5.21. The van der Waals surface area contributed by atoms with Gasteiger partial charge in [0.1, 0.15) is 5.75 Å². The second kappa shape index (κ2) is 7.28. The predicted octanol–water partition coefficient (Wildman–Crippen LogP) is 1.45. The fraction of sp³-hybridized carbons (Fsp3) is 0.533. The minimum atomic E-state index is 0.0431. The molecule has 0 aromatic heterocycles. The summed E-state index contributed by atoms with van der Waals surface area (Å²) in [6, 6.07) is 6.04. The minimum Gasteiger partial charge on any atom is -0.496 e. The lowest BCUT2D eigenvalue weighted by atomic mass is 10.1. The van der Waals surface area contributed by atoms with Gasteiger partial charge in [-0.05, 0) is 37.0 Å². The molecular weight excluding hydrogens is 270 g/mol. The van der Waals surface area contributed by atoms with Crippen molar-refractivity contribution in [3.63, 3.8) is 0 Å².